The number of hydrogen-bond acceptors (Lipinski definition) is 4. The van der Waals surface area contributed by atoms with Gasteiger partial charge in [-0.3, -0.25) is 0 Å². The molecule has 0 amide bonds. The van der Waals surface area contributed by atoms with Crippen molar-refractivity contribution in [3.05, 3.63) is 11.9 Å². The standard InChI is InChI=1S/C11H13F6N3O/c1-3-6-7(18-4-2)19-5-20-8(6)21-9(10(12,13)14)11(15,16)17/h5,9H,3-4H2,1-2H3,(H,18,19,20). The van der Waals surface area contributed by atoms with Crippen LogP contribution in [0, 0.1) is 0 Å². The molecule has 0 saturated carbocycles. The van der Waals surface area contributed by atoms with Crippen LogP contribution in [0.5, 0.6) is 5.88 Å². The van der Waals surface area contributed by atoms with Gasteiger partial charge in [-0.2, -0.15) is 26.3 Å². The monoisotopic (exact) mass is 317 g/mol. The van der Waals surface area contributed by atoms with E-state index < -0.39 is 24.3 Å². The van der Waals surface area contributed by atoms with Crippen LogP contribution < -0.4 is 10.1 Å². The number of rotatable bonds is 5. The molecule has 0 atom stereocenters. The van der Waals surface area contributed by atoms with E-state index in [1.807, 2.05) is 0 Å². The summed E-state index contributed by atoms with van der Waals surface area (Å²) in [6.07, 6.45) is -14.2. The maximum absolute atomic E-state index is 12.5. The number of alkyl halides is 6. The van der Waals surface area contributed by atoms with Crippen molar-refractivity contribution in [2.24, 2.45) is 0 Å². The zero-order valence-corrected chi connectivity index (χ0v) is 11.1. The minimum absolute atomic E-state index is 0.0536. The topological polar surface area (TPSA) is 47.0 Å². The minimum atomic E-state index is -5.59. The van der Waals surface area contributed by atoms with E-state index in [2.05, 4.69) is 20.0 Å². The molecule has 1 aromatic heterocycles. The van der Waals surface area contributed by atoms with Gasteiger partial charge in [0.05, 0.1) is 5.56 Å². The first-order chi connectivity index (χ1) is 9.61. The third kappa shape index (κ3) is 4.36. The Balaban J connectivity index is 3.18. The van der Waals surface area contributed by atoms with E-state index in [1.54, 1.807) is 13.8 Å². The lowest BCUT2D eigenvalue weighted by Crippen LogP contribution is -2.46. The Morgan fingerprint density at radius 3 is 2.10 bits per heavy atom. The molecule has 0 bridgehead atoms. The molecule has 0 aromatic carbocycles. The smallest absolute Gasteiger partial charge is 0.434 e. The highest BCUT2D eigenvalue weighted by atomic mass is 19.4. The number of ether oxygens (including phenoxy) is 1. The molecule has 120 valence electrons. The average molecular weight is 317 g/mol. The molecule has 1 N–H and O–H groups in total. The molecule has 1 rings (SSSR count). The van der Waals surface area contributed by atoms with E-state index in [4.69, 9.17) is 0 Å². The summed E-state index contributed by atoms with van der Waals surface area (Å²) in [4.78, 5) is 7.15. The highest BCUT2D eigenvalue weighted by molar-refractivity contribution is 5.48. The summed E-state index contributed by atoms with van der Waals surface area (Å²) in [5.74, 6) is -0.587. The van der Waals surface area contributed by atoms with Gasteiger partial charge in [-0.05, 0) is 13.3 Å². The maximum Gasteiger partial charge on any atom is 0.434 e. The number of halogens is 6. The second-order valence-electron chi connectivity index (χ2n) is 3.97. The van der Waals surface area contributed by atoms with Gasteiger partial charge in [-0.1, -0.05) is 6.92 Å². The SMILES string of the molecule is CCNc1ncnc(OC(C(F)(F)F)C(F)(F)F)c1CC. The molecule has 0 aliphatic carbocycles. The van der Waals surface area contributed by atoms with Gasteiger partial charge in [0.2, 0.25) is 5.88 Å². The quantitative estimate of drug-likeness (QED) is 0.846. The zero-order chi connectivity index (χ0) is 16.3. The Morgan fingerprint density at radius 1 is 1.10 bits per heavy atom. The van der Waals surface area contributed by atoms with Gasteiger partial charge < -0.3 is 10.1 Å². The number of hydrogen-bond donors (Lipinski definition) is 1. The lowest BCUT2D eigenvalue weighted by molar-refractivity contribution is -0.300. The lowest BCUT2D eigenvalue weighted by Gasteiger charge is -2.24. The van der Waals surface area contributed by atoms with Gasteiger partial charge in [0, 0.05) is 6.54 Å². The molecule has 0 saturated heterocycles. The molecule has 10 heteroatoms. The lowest BCUT2D eigenvalue weighted by atomic mass is 10.2. The van der Waals surface area contributed by atoms with Crippen LogP contribution in [0.25, 0.3) is 0 Å². The van der Waals surface area contributed by atoms with Crippen LogP contribution in [0.3, 0.4) is 0 Å². The van der Waals surface area contributed by atoms with E-state index in [0.717, 1.165) is 6.33 Å². The number of anilines is 1. The van der Waals surface area contributed by atoms with Crippen LogP contribution in [0.15, 0.2) is 6.33 Å². The molecule has 0 unspecified atom stereocenters. The summed E-state index contributed by atoms with van der Waals surface area (Å²) in [5, 5.41) is 2.72. The Kier molecular flexibility index (Phi) is 5.24. The first-order valence-electron chi connectivity index (χ1n) is 5.99. The van der Waals surface area contributed by atoms with Crippen LogP contribution in [0.2, 0.25) is 0 Å². The summed E-state index contributed by atoms with van der Waals surface area (Å²) >= 11 is 0. The molecule has 0 radical (unpaired) electrons. The summed E-state index contributed by atoms with van der Waals surface area (Å²) in [5.41, 5.74) is 0.0536. The first kappa shape index (κ1) is 17.3. The minimum Gasteiger partial charge on any atom is -0.454 e. The zero-order valence-electron chi connectivity index (χ0n) is 11.1. The normalized spacial score (nSPS) is 12.6. The molecule has 1 heterocycles. The second kappa shape index (κ2) is 6.35. The van der Waals surface area contributed by atoms with Crippen molar-refractivity contribution in [2.75, 3.05) is 11.9 Å². The van der Waals surface area contributed by atoms with Crippen LogP contribution in [0.1, 0.15) is 19.4 Å². The number of aromatic nitrogens is 2. The van der Waals surface area contributed by atoms with Crippen LogP contribution in [-0.4, -0.2) is 35.0 Å². The van der Waals surface area contributed by atoms with E-state index in [1.165, 1.54) is 0 Å². The van der Waals surface area contributed by atoms with Crippen molar-refractivity contribution in [1.82, 2.24) is 9.97 Å². The Bertz CT molecular complexity index is 460. The Hall–Kier alpha value is -1.74. The van der Waals surface area contributed by atoms with Crippen molar-refractivity contribution in [1.29, 1.82) is 0 Å². The van der Waals surface area contributed by atoms with Crippen molar-refractivity contribution < 1.29 is 31.1 Å². The van der Waals surface area contributed by atoms with Gasteiger partial charge in [0.25, 0.3) is 6.10 Å². The number of nitrogens with zero attached hydrogens (tertiary/aromatic N) is 2. The first-order valence-corrected chi connectivity index (χ1v) is 5.99. The molecular weight excluding hydrogens is 304 g/mol. The van der Waals surface area contributed by atoms with Crippen molar-refractivity contribution in [3.8, 4) is 5.88 Å². The fourth-order valence-electron chi connectivity index (χ4n) is 1.57. The maximum atomic E-state index is 12.5. The Morgan fingerprint density at radius 2 is 1.67 bits per heavy atom. The van der Waals surface area contributed by atoms with Gasteiger partial charge in [-0.25, -0.2) is 9.97 Å². The van der Waals surface area contributed by atoms with E-state index in [9.17, 15) is 26.3 Å². The fraction of sp³-hybridized carbons (Fsp3) is 0.636. The molecule has 0 fully saturated rings. The van der Waals surface area contributed by atoms with E-state index >= 15 is 0 Å². The summed E-state index contributed by atoms with van der Waals surface area (Å²) in [6.45, 7) is 3.64. The molecule has 0 spiro atoms. The van der Waals surface area contributed by atoms with E-state index in [-0.39, 0.29) is 17.8 Å². The van der Waals surface area contributed by atoms with Gasteiger partial charge >= 0.3 is 12.4 Å². The molecule has 1 aromatic rings. The summed E-state index contributed by atoms with van der Waals surface area (Å²) < 4.78 is 79.0. The van der Waals surface area contributed by atoms with Crippen LogP contribution in [0.4, 0.5) is 32.2 Å². The molecule has 4 nitrogen and oxygen atoms in total. The Labute approximate surface area is 116 Å². The summed E-state index contributed by atoms with van der Waals surface area (Å²) in [6, 6.07) is 0. The third-order valence-electron chi connectivity index (χ3n) is 2.43. The number of nitrogens with one attached hydrogen (secondary N) is 1. The fourth-order valence-corrected chi connectivity index (χ4v) is 1.57. The van der Waals surface area contributed by atoms with Crippen LogP contribution in [-0.2, 0) is 6.42 Å². The highest BCUT2D eigenvalue weighted by Crippen LogP contribution is 2.37. The van der Waals surface area contributed by atoms with Crippen molar-refractivity contribution >= 4 is 5.82 Å². The van der Waals surface area contributed by atoms with Crippen LogP contribution >= 0.6 is 0 Å². The largest absolute Gasteiger partial charge is 0.454 e. The third-order valence-corrected chi connectivity index (χ3v) is 2.43. The highest BCUT2D eigenvalue weighted by Gasteiger charge is 2.59. The van der Waals surface area contributed by atoms with Gasteiger partial charge in [0.15, 0.2) is 0 Å². The molecule has 0 aliphatic heterocycles. The molecule has 21 heavy (non-hydrogen) atoms. The summed E-state index contributed by atoms with van der Waals surface area (Å²) in [7, 11) is 0. The predicted molar refractivity (Wildman–Crippen MR) is 62.1 cm³/mol. The predicted octanol–water partition coefficient (Wildman–Crippen LogP) is 3.34. The molecular formula is C11H13F6N3O. The van der Waals surface area contributed by atoms with Gasteiger partial charge in [-0.15, -0.1) is 0 Å². The average Bonchev–Trinajstić information content (AvgIpc) is 2.33. The van der Waals surface area contributed by atoms with Crippen molar-refractivity contribution in [2.45, 2.75) is 38.7 Å². The second-order valence-corrected chi connectivity index (χ2v) is 3.97. The molecule has 0 aliphatic rings. The van der Waals surface area contributed by atoms with E-state index in [0.29, 0.717) is 6.54 Å². The van der Waals surface area contributed by atoms with Gasteiger partial charge in [0.1, 0.15) is 12.1 Å². The van der Waals surface area contributed by atoms with Crippen molar-refractivity contribution in [3.63, 3.8) is 0 Å².